The standard InChI is InChI=1S/C15H11ClN2S.BrH/c16-12-8-4-5-9-13(12)17-15-18-14(10-19-15)11-6-2-1-3-7-11;/h1-10H,(H,17,18);1H/p-1. The lowest BCUT2D eigenvalue weighted by Crippen LogP contribution is -3.00. The minimum atomic E-state index is 0. The number of nitrogens with zero attached hydrogens (tertiary/aromatic N) is 1. The van der Waals surface area contributed by atoms with E-state index in [1.807, 2.05) is 60.0 Å². The number of aromatic nitrogens is 1. The molecule has 0 fully saturated rings. The molecule has 0 saturated heterocycles. The first kappa shape index (κ1) is 15.0. The summed E-state index contributed by atoms with van der Waals surface area (Å²) in [5.74, 6) is 0. The normalized spacial score (nSPS) is 9.85. The van der Waals surface area contributed by atoms with Gasteiger partial charge in [0.25, 0.3) is 0 Å². The lowest BCUT2D eigenvalue weighted by Gasteiger charge is -2.03. The van der Waals surface area contributed by atoms with E-state index in [-0.39, 0.29) is 17.0 Å². The molecule has 0 bridgehead atoms. The van der Waals surface area contributed by atoms with Gasteiger partial charge in [-0.3, -0.25) is 0 Å². The average Bonchev–Trinajstić information content (AvgIpc) is 2.91. The summed E-state index contributed by atoms with van der Waals surface area (Å²) in [4.78, 5) is 4.57. The first-order valence-electron chi connectivity index (χ1n) is 5.85. The van der Waals surface area contributed by atoms with E-state index in [4.69, 9.17) is 11.6 Å². The van der Waals surface area contributed by atoms with Crippen LogP contribution >= 0.6 is 22.9 Å². The molecule has 5 heteroatoms. The second kappa shape index (κ2) is 6.88. The number of anilines is 2. The smallest absolute Gasteiger partial charge is 0.187 e. The van der Waals surface area contributed by atoms with Crippen LogP contribution in [0.2, 0.25) is 5.02 Å². The van der Waals surface area contributed by atoms with Crippen LogP contribution in [0.15, 0.2) is 60.0 Å². The number of rotatable bonds is 3. The largest absolute Gasteiger partial charge is 1.00 e. The van der Waals surface area contributed by atoms with E-state index in [0.29, 0.717) is 5.02 Å². The molecule has 0 atom stereocenters. The Kier molecular flexibility index (Phi) is 5.17. The molecule has 1 aromatic heterocycles. The summed E-state index contributed by atoms with van der Waals surface area (Å²) in [6.07, 6.45) is 0. The molecule has 0 spiro atoms. The van der Waals surface area contributed by atoms with Crippen molar-refractivity contribution in [1.82, 2.24) is 4.98 Å². The Bertz CT molecular complexity index is 685. The topological polar surface area (TPSA) is 24.9 Å². The van der Waals surface area contributed by atoms with Crippen molar-refractivity contribution in [3.8, 4) is 11.3 Å². The lowest BCUT2D eigenvalue weighted by molar-refractivity contribution is -0.00000359. The zero-order valence-electron chi connectivity index (χ0n) is 10.4. The Morgan fingerprint density at radius 3 is 2.40 bits per heavy atom. The van der Waals surface area contributed by atoms with E-state index in [9.17, 15) is 0 Å². The molecule has 2 nitrogen and oxygen atoms in total. The summed E-state index contributed by atoms with van der Waals surface area (Å²) in [5, 5.41) is 6.81. The van der Waals surface area contributed by atoms with Gasteiger partial charge < -0.3 is 22.3 Å². The second-order valence-electron chi connectivity index (χ2n) is 4.01. The molecule has 1 N–H and O–H groups in total. The first-order valence-corrected chi connectivity index (χ1v) is 7.11. The predicted octanol–water partition coefficient (Wildman–Crippen LogP) is 2.21. The summed E-state index contributed by atoms with van der Waals surface area (Å²) in [6.45, 7) is 0. The van der Waals surface area contributed by atoms with Gasteiger partial charge in [0.05, 0.1) is 16.4 Å². The molecule has 0 aliphatic rings. The molecule has 102 valence electrons. The maximum absolute atomic E-state index is 6.11. The molecular weight excluding hydrogens is 356 g/mol. The Labute approximate surface area is 137 Å². The van der Waals surface area contributed by atoms with Crippen LogP contribution in [0.5, 0.6) is 0 Å². The van der Waals surface area contributed by atoms with Gasteiger partial charge >= 0.3 is 0 Å². The number of hydrogen-bond acceptors (Lipinski definition) is 3. The molecule has 1 heterocycles. The number of benzene rings is 2. The minimum absolute atomic E-state index is 0. The van der Waals surface area contributed by atoms with Gasteiger partial charge in [-0.15, -0.1) is 11.3 Å². The third-order valence-corrected chi connectivity index (χ3v) is 3.78. The van der Waals surface area contributed by atoms with Crippen molar-refractivity contribution in [2.75, 3.05) is 5.32 Å². The number of nitrogens with one attached hydrogen (secondary N) is 1. The fourth-order valence-electron chi connectivity index (χ4n) is 1.75. The van der Waals surface area contributed by atoms with Gasteiger partial charge in [-0.25, -0.2) is 4.98 Å². The van der Waals surface area contributed by atoms with Crippen molar-refractivity contribution in [1.29, 1.82) is 0 Å². The van der Waals surface area contributed by atoms with E-state index in [2.05, 4.69) is 10.3 Å². The van der Waals surface area contributed by atoms with Gasteiger partial charge in [-0.2, -0.15) is 0 Å². The van der Waals surface area contributed by atoms with Crippen LogP contribution in [-0.4, -0.2) is 4.98 Å². The fourth-order valence-corrected chi connectivity index (χ4v) is 2.67. The van der Waals surface area contributed by atoms with Crippen LogP contribution in [-0.2, 0) is 0 Å². The molecule has 0 radical (unpaired) electrons. The maximum atomic E-state index is 6.11. The summed E-state index contributed by atoms with van der Waals surface area (Å²) >= 11 is 7.68. The Morgan fingerprint density at radius 1 is 0.950 bits per heavy atom. The maximum Gasteiger partial charge on any atom is 0.187 e. The van der Waals surface area contributed by atoms with Crippen LogP contribution in [0.1, 0.15) is 0 Å². The molecule has 0 amide bonds. The molecule has 2 aromatic carbocycles. The van der Waals surface area contributed by atoms with Crippen molar-refractivity contribution in [3.05, 3.63) is 65.0 Å². The van der Waals surface area contributed by atoms with Gasteiger partial charge in [0, 0.05) is 10.9 Å². The van der Waals surface area contributed by atoms with E-state index in [0.717, 1.165) is 22.1 Å². The highest BCUT2D eigenvalue weighted by Gasteiger charge is 2.05. The van der Waals surface area contributed by atoms with E-state index in [1.54, 1.807) is 11.3 Å². The lowest BCUT2D eigenvalue weighted by atomic mass is 10.2. The molecular formula is C15H11BrClN2S-. The van der Waals surface area contributed by atoms with Crippen molar-refractivity contribution < 1.29 is 17.0 Å². The highest BCUT2D eigenvalue weighted by atomic mass is 79.9. The van der Waals surface area contributed by atoms with Crippen LogP contribution in [0.3, 0.4) is 0 Å². The van der Waals surface area contributed by atoms with Gasteiger partial charge in [0.1, 0.15) is 0 Å². The highest BCUT2D eigenvalue weighted by Crippen LogP contribution is 2.29. The summed E-state index contributed by atoms with van der Waals surface area (Å²) in [6, 6.07) is 17.8. The Balaban J connectivity index is 0.00000147. The quantitative estimate of drug-likeness (QED) is 0.769. The number of hydrogen-bond donors (Lipinski definition) is 1. The zero-order valence-corrected chi connectivity index (χ0v) is 13.5. The van der Waals surface area contributed by atoms with Crippen LogP contribution in [0.25, 0.3) is 11.3 Å². The van der Waals surface area contributed by atoms with Gasteiger partial charge in [0.15, 0.2) is 5.13 Å². The molecule has 20 heavy (non-hydrogen) atoms. The van der Waals surface area contributed by atoms with E-state index in [1.165, 1.54) is 0 Å². The summed E-state index contributed by atoms with van der Waals surface area (Å²) < 4.78 is 0. The second-order valence-corrected chi connectivity index (χ2v) is 5.27. The minimum Gasteiger partial charge on any atom is -1.00 e. The molecule has 3 rings (SSSR count). The fraction of sp³-hybridized carbons (Fsp3) is 0. The van der Waals surface area contributed by atoms with Crippen molar-refractivity contribution in [2.24, 2.45) is 0 Å². The number of halogens is 2. The third kappa shape index (κ3) is 3.39. The van der Waals surface area contributed by atoms with Gasteiger partial charge in [-0.05, 0) is 12.1 Å². The summed E-state index contributed by atoms with van der Waals surface area (Å²) in [7, 11) is 0. The molecule has 0 unspecified atom stereocenters. The highest BCUT2D eigenvalue weighted by molar-refractivity contribution is 7.14. The molecule has 0 aliphatic carbocycles. The average molecular weight is 367 g/mol. The Morgan fingerprint density at radius 2 is 1.65 bits per heavy atom. The van der Waals surface area contributed by atoms with E-state index >= 15 is 0 Å². The Hall–Kier alpha value is -1.36. The molecule has 3 aromatic rings. The van der Waals surface area contributed by atoms with E-state index < -0.39 is 0 Å². The van der Waals surface area contributed by atoms with Crippen LogP contribution in [0.4, 0.5) is 10.8 Å². The van der Waals surface area contributed by atoms with Crippen LogP contribution < -0.4 is 22.3 Å². The molecule has 0 saturated carbocycles. The predicted molar refractivity (Wildman–Crippen MR) is 82.3 cm³/mol. The first-order chi connectivity index (χ1) is 9.33. The summed E-state index contributed by atoms with van der Waals surface area (Å²) in [5.41, 5.74) is 2.96. The van der Waals surface area contributed by atoms with Gasteiger partial charge in [-0.1, -0.05) is 54.1 Å². The molecule has 0 aliphatic heterocycles. The third-order valence-electron chi connectivity index (χ3n) is 2.69. The number of thiazole rings is 1. The van der Waals surface area contributed by atoms with Crippen molar-refractivity contribution >= 4 is 33.8 Å². The SMILES string of the molecule is Clc1ccccc1Nc1nc(-c2ccccc2)cs1.[Br-]. The number of para-hydroxylation sites is 1. The van der Waals surface area contributed by atoms with Gasteiger partial charge in [0.2, 0.25) is 0 Å². The zero-order chi connectivity index (χ0) is 13.1. The van der Waals surface area contributed by atoms with Crippen molar-refractivity contribution in [3.63, 3.8) is 0 Å². The monoisotopic (exact) mass is 365 g/mol. The van der Waals surface area contributed by atoms with Crippen molar-refractivity contribution in [2.45, 2.75) is 0 Å². The van der Waals surface area contributed by atoms with Crippen LogP contribution in [0, 0.1) is 0 Å².